The first-order valence-electron chi connectivity index (χ1n) is 5.54. The Morgan fingerprint density at radius 1 is 1.35 bits per heavy atom. The fourth-order valence-electron chi connectivity index (χ4n) is 1.27. The second-order valence-electron chi connectivity index (χ2n) is 3.26. The Morgan fingerprint density at radius 2 is 2.06 bits per heavy atom. The summed E-state index contributed by atoms with van der Waals surface area (Å²) < 4.78 is 29.1. The highest BCUT2D eigenvalue weighted by molar-refractivity contribution is 5.75. The van der Waals surface area contributed by atoms with E-state index in [2.05, 4.69) is 10.3 Å². The molecule has 2 aromatic rings. The minimum absolute atomic E-state index is 0.135. The van der Waals surface area contributed by atoms with Crippen molar-refractivity contribution in [1.82, 2.24) is 4.98 Å². The van der Waals surface area contributed by atoms with Crippen LogP contribution >= 0.6 is 0 Å². The summed E-state index contributed by atoms with van der Waals surface area (Å²) in [6.07, 6.45) is -2.42. The molecule has 2 rings (SSSR count). The Bertz CT molecular complexity index is 468. The van der Waals surface area contributed by atoms with Gasteiger partial charge < -0.3 is 9.73 Å². The number of oxazole rings is 1. The zero-order valence-electron chi connectivity index (χ0n) is 10.1. The van der Waals surface area contributed by atoms with Crippen molar-refractivity contribution >= 4 is 17.1 Å². The Kier molecular flexibility index (Phi) is 4.87. The van der Waals surface area contributed by atoms with Gasteiger partial charge in [-0.05, 0) is 24.6 Å². The zero-order chi connectivity index (χ0) is 12.8. The van der Waals surface area contributed by atoms with E-state index in [1.165, 1.54) is 0 Å². The summed E-state index contributed by atoms with van der Waals surface area (Å²) in [6.45, 7) is 5.47. The van der Waals surface area contributed by atoms with Gasteiger partial charge in [-0.1, -0.05) is 19.9 Å². The SMILES string of the molecule is CC.Cc1ccc2nc(NCC(F)F)oc2c1. The topological polar surface area (TPSA) is 38.1 Å². The minimum atomic E-state index is -2.42. The summed E-state index contributed by atoms with van der Waals surface area (Å²) in [4.78, 5) is 4.01. The molecule has 0 saturated carbocycles. The molecule has 0 aliphatic heterocycles. The second kappa shape index (κ2) is 6.18. The van der Waals surface area contributed by atoms with E-state index in [0.717, 1.165) is 5.56 Å². The van der Waals surface area contributed by atoms with E-state index in [1.54, 1.807) is 6.07 Å². The van der Waals surface area contributed by atoms with E-state index in [-0.39, 0.29) is 6.01 Å². The molecular weight excluding hydrogens is 226 g/mol. The maximum Gasteiger partial charge on any atom is 0.295 e. The van der Waals surface area contributed by atoms with Crippen LogP contribution in [0.5, 0.6) is 0 Å². The number of alkyl halides is 2. The van der Waals surface area contributed by atoms with Crippen LogP contribution in [0.1, 0.15) is 19.4 Å². The molecule has 1 N–H and O–H groups in total. The molecule has 0 unspecified atom stereocenters. The number of hydrogen-bond acceptors (Lipinski definition) is 3. The lowest BCUT2D eigenvalue weighted by Gasteiger charge is -1.97. The maximum absolute atomic E-state index is 11.9. The lowest BCUT2D eigenvalue weighted by Crippen LogP contribution is -2.10. The van der Waals surface area contributed by atoms with Crippen molar-refractivity contribution < 1.29 is 13.2 Å². The Morgan fingerprint density at radius 3 is 2.71 bits per heavy atom. The van der Waals surface area contributed by atoms with Crippen LogP contribution in [0, 0.1) is 6.92 Å². The highest BCUT2D eigenvalue weighted by atomic mass is 19.3. The summed E-state index contributed by atoms with van der Waals surface area (Å²) in [5.74, 6) is 0. The standard InChI is InChI=1S/C10H10F2N2O.C2H6/c1-6-2-3-7-8(4-6)15-10(14-7)13-5-9(11)12;1-2/h2-4,9H,5H2,1H3,(H,13,14);1-2H3. The molecule has 0 fully saturated rings. The molecule has 94 valence electrons. The quantitative estimate of drug-likeness (QED) is 0.888. The van der Waals surface area contributed by atoms with Crippen molar-refractivity contribution in [3.63, 3.8) is 0 Å². The number of nitrogens with one attached hydrogen (secondary N) is 1. The van der Waals surface area contributed by atoms with E-state index >= 15 is 0 Å². The molecule has 0 amide bonds. The lowest BCUT2D eigenvalue weighted by molar-refractivity contribution is 0.162. The first kappa shape index (κ1) is 13.4. The molecule has 5 heteroatoms. The highest BCUT2D eigenvalue weighted by Gasteiger charge is 2.07. The van der Waals surface area contributed by atoms with Crippen LogP contribution in [-0.4, -0.2) is 18.0 Å². The number of nitrogens with zero attached hydrogens (tertiary/aromatic N) is 1. The molecule has 0 radical (unpaired) electrons. The van der Waals surface area contributed by atoms with Gasteiger partial charge in [0.1, 0.15) is 5.52 Å². The van der Waals surface area contributed by atoms with E-state index in [4.69, 9.17) is 4.42 Å². The van der Waals surface area contributed by atoms with Gasteiger partial charge in [0, 0.05) is 0 Å². The number of rotatable bonds is 3. The normalized spacial score (nSPS) is 10.2. The van der Waals surface area contributed by atoms with Gasteiger partial charge in [0.2, 0.25) is 0 Å². The molecule has 1 heterocycles. The summed E-state index contributed by atoms with van der Waals surface area (Å²) in [6, 6.07) is 5.63. The van der Waals surface area contributed by atoms with E-state index in [9.17, 15) is 8.78 Å². The van der Waals surface area contributed by atoms with Gasteiger partial charge in [0.05, 0.1) is 6.54 Å². The van der Waals surface area contributed by atoms with Gasteiger partial charge >= 0.3 is 0 Å². The smallest absolute Gasteiger partial charge is 0.295 e. The largest absolute Gasteiger partial charge is 0.424 e. The molecule has 0 aliphatic rings. The molecule has 0 spiro atoms. The van der Waals surface area contributed by atoms with Crippen molar-refractivity contribution in [2.45, 2.75) is 27.2 Å². The third-order valence-corrected chi connectivity index (χ3v) is 1.95. The van der Waals surface area contributed by atoms with Crippen LogP contribution in [-0.2, 0) is 0 Å². The van der Waals surface area contributed by atoms with E-state index in [0.29, 0.717) is 11.1 Å². The molecular formula is C12H16F2N2O. The first-order valence-corrected chi connectivity index (χ1v) is 5.54. The second-order valence-corrected chi connectivity index (χ2v) is 3.26. The predicted molar refractivity (Wildman–Crippen MR) is 64.6 cm³/mol. The highest BCUT2D eigenvalue weighted by Crippen LogP contribution is 2.19. The van der Waals surface area contributed by atoms with Crippen LogP contribution in [0.2, 0.25) is 0 Å². The molecule has 0 atom stereocenters. The van der Waals surface area contributed by atoms with Crippen molar-refractivity contribution in [2.75, 3.05) is 11.9 Å². The molecule has 1 aromatic carbocycles. The molecule has 0 aliphatic carbocycles. The maximum atomic E-state index is 11.9. The van der Waals surface area contributed by atoms with Crippen molar-refractivity contribution in [2.24, 2.45) is 0 Å². The van der Waals surface area contributed by atoms with Crippen LogP contribution in [0.25, 0.3) is 11.1 Å². The van der Waals surface area contributed by atoms with Gasteiger partial charge in [0.25, 0.3) is 12.4 Å². The minimum Gasteiger partial charge on any atom is -0.424 e. The van der Waals surface area contributed by atoms with Gasteiger partial charge in [0.15, 0.2) is 5.58 Å². The third-order valence-electron chi connectivity index (χ3n) is 1.95. The average molecular weight is 242 g/mol. The molecule has 0 bridgehead atoms. The summed E-state index contributed by atoms with van der Waals surface area (Å²) >= 11 is 0. The molecule has 1 aromatic heterocycles. The van der Waals surface area contributed by atoms with Gasteiger partial charge in [-0.15, -0.1) is 0 Å². The number of halogens is 2. The zero-order valence-corrected chi connectivity index (χ0v) is 10.1. The number of anilines is 1. The number of aromatic nitrogens is 1. The summed E-state index contributed by atoms with van der Waals surface area (Å²) in [5, 5.41) is 2.43. The van der Waals surface area contributed by atoms with E-state index in [1.807, 2.05) is 32.9 Å². The average Bonchev–Trinajstić information content (AvgIpc) is 2.71. The number of hydrogen-bond donors (Lipinski definition) is 1. The van der Waals surface area contributed by atoms with Crippen LogP contribution in [0.4, 0.5) is 14.8 Å². The van der Waals surface area contributed by atoms with Crippen molar-refractivity contribution in [1.29, 1.82) is 0 Å². The molecule has 0 saturated heterocycles. The predicted octanol–water partition coefficient (Wildman–Crippen LogP) is 3.84. The van der Waals surface area contributed by atoms with Gasteiger partial charge in [-0.25, -0.2) is 8.78 Å². The van der Waals surface area contributed by atoms with Crippen LogP contribution in [0.3, 0.4) is 0 Å². The number of benzene rings is 1. The molecule has 17 heavy (non-hydrogen) atoms. The first-order chi connectivity index (χ1) is 8.15. The summed E-state index contributed by atoms with van der Waals surface area (Å²) in [5.41, 5.74) is 2.31. The fourth-order valence-corrected chi connectivity index (χ4v) is 1.27. The Labute approximate surface area is 98.8 Å². The Hall–Kier alpha value is -1.65. The van der Waals surface area contributed by atoms with Gasteiger partial charge in [-0.2, -0.15) is 4.98 Å². The third kappa shape index (κ3) is 3.69. The van der Waals surface area contributed by atoms with E-state index < -0.39 is 13.0 Å². The lowest BCUT2D eigenvalue weighted by atomic mass is 10.2. The van der Waals surface area contributed by atoms with Crippen LogP contribution in [0.15, 0.2) is 22.6 Å². The molecule has 3 nitrogen and oxygen atoms in total. The number of fused-ring (bicyclic) bond motifs is 1. The van der Waals surface area contributed by atoms with Crippen LogP contribution < -0.4 is 5.32 Å². The Balaban J connectivity index is 0.000000686. The van der Waals surface area contributed by atoms with Gasteiger partial charge in [-0.3, -0.25) is 0 Å². The number of aryl methyl sites for hydroxylation is 1. The van der Waals surface area contributed by atoms with Crippen molar-refractivity contribution in [3.8, 4) is 0 Å². The van der Waals surface area contributed by atoms with Crippen molar-refractivity contribution in [3.05, 3.63) is 23.8 Å². The monoisotopic (exact) mass is 242 g/mol. The summed E-state index contributed by atoms with van der Waals surface area (Å²) in [7, 11) is 0. The fraction of sp³-hybridized carbons (Fsp3) is 0.417.